The number of phenolic OH excluding ortho intramolecular Hbond substituents is 1. The van der Waals surface area contributed by atoms with E-state index in [9.17, 15) is 9.90 Å². The first-order valence-electron chi connectivity index (χ1n) is 5.10. The Bertz CT molecular complexity index is 393. The van der Waals surface area contributed by atoms with Crippen LogP contribution in [0.2, 0.25) is 0 Å². The van der Waals surface area contributed by atoms with Gasteiger partial charge in [-0.2, -0.15) is 0 Å². The minimum Gasteiger partial charge on any atom is -0.508 e. The molecule has 1 unspecified atom stereocenters. The molecule has 0 aliphatic rings. The highest BCUT2D eigenvalue weighted by molar-refractivity contribution is 6.18. The van der Waals surface area contributed by atoms with E-state index >= 15 is 0 Å². The molecular weight excluding hydrogens is 226 g/mol. The van der Waals surface area contributed by atoms with E-state index in [0.717, 1.165) is 0 Å². The molecule has 1 amide bonds. The van der Waals surface area contributed by atoms with E-state index in [1.165, 1.54) is 6.07 Å². The maximum Gasteiger partial charge on any atom is 0.253 e. The molecule has 1 rings (SSSR count). The van der Waals surface area contributed by atoms with E-state index in [1.807, 2.05) is 6.92 Å². The van der Waals surface area contributed by atoms with Crippen molar-refractivity contribution in [1.82, 2.24) is 4.90 Å². The van der Waals surface area contributed by atoms with Crippen LogP contribution in [0.1, 0.15) is 22.8 Å². The third kappa shape index (κ3) is 2.67. The molecule has 0 aliphatic heterocycles. The third-order valence-electron chi connectivity index (χ3n) is 2.65. The van der Waals surface area contributed by atoms with Gasteiger partial charge in [-0.05, 0) is 37.6 Å². The molecular formula is C12H16ClNO2. The number of phenols is 1. The van der Waals surface area contributed by atoms with E-state index in [0.29, 0.717) is 17.0 Å². The Hall–Kier alpha value is -1.22. The van der Waals surface area contributed by atoms with Gasteiger partial charge in [0.25, 0.3) is 5.91 Å². The van der Waals surface area contributed by atoms with E-state index in [2.05, 4.69) is 0 Å². The molecule has 0 spiro atoms. The zero-order valence-corrected chi connectivity index (χ0v) is 10.5. The van der Waals surface area contributed by atoms with Gasteiger partial charge in [0.2, 0.25) is 0 Å². The van der Waals surface area contributed by atoms with Crippen LogP contribution in [0, 0.1) is 6.92 Å². The Balaban J connectivity index is 2.92. The first-order valence-corrected chi connectivity index (χ1v) is 5.63. The second-order valence-corrected chi connectivity index (χ2v) is 4.23. The number of halogens is 1. The first-order chi connectivity index (χ1) is 7.47. The highest BCUT2D eigenvalue weighted by atomic mass is 35.5. The molecule has 1 aromatic rings. The molecule has 0 radical (unpaired) electrons. The summed E-state index contributed by atoms with van der Waals surface area (Å²) in [5.41, 5.74) is 1.26. The second-order valence-electron chi connectivity index (χ2n) is 3.92. The number of aryl methyl sites for hydroxylation is 1. The molecule has 0 heterocycles. The van der Waals surface area contributed by atoms with Crippen molar-refractivity contribution in [3.05, 3.63) is 29.3 Å². The van der Waals surface area contributed by atoms with Crippen molar-refractivity contribution in [3.8, 4) is 5.75 Å². The van der Waals surface area contributed by atoms with Gasteiger partial charge in [0, 0.05) is 24.5 Å². The lowest BCUT2D eigenvalue weighted by molar-refractivity contribution is 0.0756. The maximum absolute atomic E-state index is 12.0. The summed E-state index contributed by atoms with van der Waals surface area (Å²) < 4.78 is 0. The summed E-state index contributed by atoms with van der Waals surface area (Å²) in [5, 5.41) is 9.37. The monoisotopic (exact) mass is 241 g/mol. The minimum atomic E-state index is -0.0868. The third-order valence-corrected chi connectivity index (χ3v) is 3.10. The summed E-state index contributed by atoms with van der Waals surface area (Å²) >= 11 is 5.70. The van der Waals surface area contributed by atoms with Crippen LogP contribution in [-0.4, -0.2) is 34.9 Å². The van der Waals surface area contributed by atoms with Crippen molar-refractivity contribution in [2.75, 3.05) is 12.9 Å². The predicted molar refractivity (Wildman–Crippen MR) is 65.1 cm³/mol. The Labute approximate surface area is 101 Å². The van der Waals surface area contributed by atoms with Gasteiger partial charge in [-0.3, -0.25) is 4.79 Å². The lowest BCUT2D eigenvalue weighted by atomic mass is 10.1. The maximum atomic E-state index is 12.0. The van der Waals surface area contributed by atoms with Crippen LogP contribution in [-0.2, 0) is 0 Å². The molecule has 0 bridgehead atoms. The second kappa shape index (κ2) is 5.21. The minimum absolute atomic E-state index is 0.0109. The summed E-state index contributed by atoms with van der Waals surface area (Å²) in [4.78, 5) is 13.6. The number of amides is 1. The summed E-state index contributed by atoms with van der Waals surface area (Å²) in [7, 11) is 1.72. The number of carbonyl (C=O) groups is 1. The average Bonchev–Trinajstić information content (AvgIpc) is 2.29. The topological polar surface area (TPSA) is 40.5 Å². The molecule has 0 saturated carbocycles. The standard InChI is InChI=1S/C12H16ClNO2/c1-8-6-10(4-5-11(8)15)12(16)14(3)9(2)7-13/h4-6,9,15H,7H2,1-3H3. The molecule has 1 atom stereocenters. The number of nitrogens with zero attached hydrogens (tertiary/aromatic N) is 1. The molecule has 16 heavy (non-hydrogen) atoms. The molecule has 88 valence electrons. The molecule has 3 nitrogen and oxygen atoms in total. The summed E-state index contributed by atoms with van der Waals surface area (Å²) in [5.74, 6) is 0.514. The number of hydrogen-bond donors (Lipinski definition) is 1. The van der Waals surface area contributed by atoms with Gasteiger partial charge in [0.05, 0.1) is 0 Å². The fourth-order valence-corrected chi connectivity index (χ4v) is 1.50. The Morgan fingerprint density at radius 3 is 2.69 bits per heavy atom. The van der Waals surface area contributed by atoms with Crippen LogP contribution in [0.25, 0.3) is 0 Å². The quantitative estimate of drug-likeness (QED) is 0.826. The number of carbonyl (C=O) groups excluding carboxylic acids is 1. The van der Waals surface area contributed by atoms with E-state index < -0.39 is 0 Å². The molecule has 0 saturated heterocycles. The van der Waals surface area contributed by atoms with Gasteiger partial charge in [-0.1, -0.05) is 0 Å². The van der Waals surface area contributed by atoms with Gasteiger partial charge in [-0.15, -0.1) is 11.6 Å². The smallest absolute Gasteiger partial charge is 0.253 e. The normalized spacial score (nSPS) is 12.2. The predicted octanol–water partition coefficient (Wildman–Crippen LogP) is 2.40. The van der Waals surface area contributed by atoms with Crippen molar-refractivity contribution in [1.29, 1.82) is 0 Å². The van der Waals surface area contributed by atoms with E-state index in [4.69, 9.17) is 11.6 Å². The SMILES string of the molecule is Cc1cc(C(=O)N(C)C(C)CCl)ccc1O. The van der Waals surface area contributed by atoms with Crippen LogP contribution in [0.15, 0.2) is 18.2 Å². The zero-order chi connectivity index (χ0) is 12.3. The van der Waals surface area contributed by atoms with Crippen LogP contribution in [0.3, 0.4) is 0 Å². The van der Waals surface area contributed by atoms with Crippen LogP contribution < -0.4 is 0 Å². The molecule has 4 heteroatoms. The van der Waals surface area contributed by atoms with Gasteiger partial charge in [-0.25, -0.2) is 0 Å². The van der Waals surface area contributed by atoms with Crippen molar-refractivity contribution >= 4 is 17.5 Å². The largest absolute Gasteiger partial charge is 0.508 e. The zero-order valence-electron chi connectivity index (χ0n) is 9.70. The fourth-order valence-electron chi connectivity index (χ4n) is 1.30. The van der Waals surface area contributed by atoms with Crippen molar-refractivity contribution in [2.24, 2.45) is 0 Å². The summed E-state index contributed by atoms with van der Waals surface area (Å²) in [6.07, 6.45) is 0. The summed E-state index contributed by atoms with van der Waals surface area (Å²) in [6, 6.07) is 4.81. The van der Waals surface area contributed by atoms with Crippen molar-refractivity contribution in [2.45, 2.75) is 19.9 Å². The highest BCUT2D eigenvalue weighted by Gasteiger charge is 2.17. The molecule has 1 N–H and O–H groups in total. The number of benzene rings is 1. The summed E-state index contributed by atoms with van der Waals surface area (Å²) in [6.45, 7) is 3.65. The lowest BCUT2D eigenvalue weighted by Gasteiger charge is -2.23. The van der Waals surface area contributed by atoms with Gasteiger partial charge in [0.1, 0.15) is 5.75 Å². The van der Waals surface area contributed by atoms with Crippen LogP contribution >= 0.6 is 11.6 Å². The molecule has 0 aromatic heterocycles. The van der Waals surface area contributed by atoms with Crippen LogP contribution in [0.4, 0.5) is 0 Å². The molecule has 0 fully saturated rings. The Kier molecular flexibility index (Phi) is 4.19. The fraction of sp³-hybridized carbons (Fsp3) is 0.417. The molecule has 0 aliphatic carbocycles. The van der Waals surface area contributed by atoms with Crippen molar-refractivity contribution < 1.29 is 9.90 Å². The van der Waals surface area contributed by atoms with Gasteiger partial charge >= 0.3 is 0 Å². The number of rotatable bonds is 3. The van der Waals surface area contributed by atoms with E-state index in [-0.39, 0.29) is 17.7 Å². The van der Waals surface area contributed by atoms with Crippen LogP contribution in [0.5, 0.6) is 5.75 Å². The van der Waals surface area contributed by atoms with Crippen molar-refractivity contribution in [3.63, 3.8) is 0 Å². The Morgan fingerprint density at radius 2 is 2.19 bits per heavy atom. The molecule has 1 aromatic carbocycles. The number of aromatic hydroxyl groups is 1. The number of alkyl halides is 1. The first kappa shape index (κ1) is 12.8. The van der Waals surface area contributed by atoms with Gasteiger partial charge in [0.15, 0.2) is 0 Å². The lowest BCUT2D eigenvalue weighted by Crippen LogP contribution is -2.36. The number of hydrogen-bond acceptors (Lipinski definition) is 2. The van der Waals surface area contributed by atoms with E-state index in [1.54, 1.807) is 31.0 Å². The van der Waals surface area contributed by atoms with Gasteiger partial charge < -0.3 is 10.0 Å². The Morgan fingerprint density at radius 1 is 1.56 bits per heavy atom. The highest BCUT2D eigenvalue weighted by Crippen LogP contribution is 2.18. The average molecular weight is 242 g/mol.